The molecule has 0 fully saturated rings. The predicted octanol–water partition coefficient (Wildman–Crippen LogP) is 6.33. The number of pyridine rings is 1. The molecular weight excluding hydrogens is 500 g/mol. The largest absolute Gasteiger partial charge is 0.478 e. The molecule has 0 aliphatic heterocycles. The Morgan fingerprint density at radius 1 is 0.850 bits per heavy atom. The number of rotatable bonds is 7. The lowest BCUT2D eigenvalue weighted by Crippen LogP contribution is -2.24. The summed E-state index contributed by atoms with van der Waals surface area (Å²) in [4.78, 5) is 24.9. The molecule has 2 heterocycles. The van der Waals surface area contributed by atoms with E-state index in [1.165, 1.54) is 12.1 Å². The van der Waals surface area contributed by atoms with E-state index in [9.17, 15) is 9.59 Å². The number of hydrogen-bond acceptors (Lipinski definition) is 4. The first-order chi connectivity index (χ1) is 19.5. The SMILES string of the molecule is C[C@H](c1ccc2ccccc2c1)c1nnn2cc(-c3ccccc3)cc(C(=O)NCc3ccc(C(=O)O)cc3)c12. The average Bonchev–Trinajstić information content (AvgIpc) is 3.43. The van der Waals surface area contributed by atoms with E-state index in [1.807, 2.05) is 54.7 Å². The minimum absolute atomic E-state index is 0.111. The van der Waals surface area contributed by atoms with Crippen LogP contribution in [0.5, 0.6) is 0 Å². The maximum atomic E-state index is 13.7. The smallest absolute Gasteiger partial charge is 0.335 e. The zero-order valence-corrected chi connectivity index (χ0v) is 21.8. The van der Waals surface area contributed by atoms with Gasteiger partial charge in [-0.25, -0.2) is 9.31 Å². The molecule has 2 aromatic heterocycles. The summed E-state index contributed by atoms with van der Waals surface area (Å²) < 4.78 is 1.69. The number of carbonyl (C=O) groups is 2. The molecule has 0 unspecified atom stereocenters. The van der Waals surface area contributed by atoms with Gasteiger partial charge in [-0.15, -0.1) is 5.10 Å². The quantitative estimate of drug-likeness (QED) is 0.253. The summed E-state index contributed by atoms with van der Waals surface area (Å²) in [6.45, 7) is 2.32. The van der Waals surface area contributed by atoms with Gasteiger partial charge in [0.05, 0.1) is 16.8 Å². The number of nitrogens with one attached hydrogen (secondary N) is 1. The van der Waals surface area contributed by atoms with Crippen molar-refractivity contribution >= 4 is 28.2 Å². The van der Waals surface area contributed by atoms with Crippen molar-refractivity contribution in [1.29, 1.82) is 0 Å². The zero-order valence-electron chi connectivity index (χ0n) is 21.8. The Morgan fingerprint density at radius 3 is 2.33 bits per heavy atom. The van der Waals surface area contributed by atoms with Crippen molar-refractivity contribution < 1.29 is 14.7 Å². The number of hydrogen-bond donors (Lipinski definition) is 2. The van der Waals surface area contributed by atoms with E-state index in [1.54, 1.807) is 16.6 Å². The molecule has 40 heavy (non-hydrogen) atoms. The fraction of sp³-hybridized carbons (Fsp3) is 0.0909. The number of fused-ring (bicyclic) bond motifs is 2. The van der Waals surface area contributed by atoms with E-state index in [4.69, 9.17) is 5.11 Å². The van der Waals surface area contributed by atoms with E-state index >= 15 is 0 Å². The van der Waals surface area contributed by atoms with Crippen molar-refractivity contribution in [2.75, 3.05) is 0 Å². The molecule has 0 saturated carbocycles. The molecule has 6 aromatic rings. The molecular formula is C33H26N4O3. The molecule has 0 radical (unpaired) electrons. The van der Waals surface area contributed by atoms with Crippen LogP contribution in [-0.2, 0) is 6.54 Å². The van der Waals surface area contributed by atoms with E-state index in [0.29, 0.717) is 16.8 Å². The first-order valence-electron chi connectivity index (χ1n) is 13.0. The Bertz CT molecular complexity index is 1860. The van der Waals surface area contributed by atoms with Crippen LogP contribution in [0.1, 0.15) is 50.4 Å². The van der Waals surface area contributed by atoms with Gasteiger partial charge in [0.2, 0.25) is 0 Å². The van der Waals surface area contributed by atoms with Crippen LogP contribution < -0.4 is 5.32 Å². The highest BCUT2D eigenvalue weighted by atomic mass is 16.4. The monoisotopic (exact) mass is 526 g/mol. The molecule has 0 aliphatic carbocycles. The van der Waals surface area contributed by atoms with Gasteiger partial charge >= 0.3 is 5.97 Å². The van der Waals surface area contributed by atoms with Gasteiger partial charge in [0.1, 0.15) is 5.52 Å². The van der Waals surface area contributed by atoms with Crippen LogP contribution >= 0.6 is 0 Å². The second kappa shape index (κ2) is 10.5. The molecule has 7 nitrogen and oxygen atoms in total. The predicted molar refractivity (Wildman–Crippen MR) is 154 cm³/mol. The molecule has 0 saturated heterocycles. The lowest BCUT2D eigenvalue weighted by atomic mass is 9.93. The normalized spacial score (nSPS) is 11.9. The number of carboxylic acids is 1. The molecule has 1 atom stereocenters. The molecule has 4 aromatic carbocycles. The summed E-state index contributed by atoms with van der Waals surface area (Å²) in [7, 11) is 0. The number of carboxylic acid groups (broad SMARTS) is 1. The number of aromatic nitrogens is 3. The minimum Gasteiger partial charge on any atom is -0.478 e. The molecule has 0 aliphatic rings. The Kier molecular flexibility index (Phi) is 6.54. The van der Waals surface area contributed by atoms with Gasteiger partial charge in [-0.1, -0.05) is 97.1 Å². The topological polar surface area (TPSA) is 96.6 Å². The number of benzene rings is 4. The fourth-order valence-electron chi connectivity index (χ4n) is 4.98. The molecule has 0 spiro atoms. The highest BCUT2D eigenvalue weighted by Gasteiger charge is 2.23. The lowest BCUT2D eigenvalue weighted by Gasteiger charge is -2.14. The van der Waals surface area contributed by atoms with Crippen LogP contribution in [0.3, 0.4) is 0 Å². The molecule has 196 valence electrons. The zero-order chi connectivity index (χ0) is 27.6. The Balaban J connectivity index is 1.40. The lowest BCUT2D eigenvalue weighted by molar-refractivity contribution is 0.0696. The first-order valence-corrected chi connectivity index (χ1v) is 13.0. The summed E-state index contributed by atoms with van der Waals surface area (Å²) in [6, 6.07) is 32.7. The van der Waals surface area contributed by atoms with Crippen LogP contribution in [0.25, 0.3) is 27.4 Å². The van der Waals surface area contributed by atoms with Gasteiger partial charge in [-0.2, -0.15) is 0 Å². The Hall–Kier alpha value is -5.30. The third-order valence-electron chi connectivity index (χ3n) is 7.23. The highest BCUT2D eigenvalue weighted by Crippen LogP contribution is 2.32. The number of aromatic carboxylic acids is 1. The van der Waals surface area contributed by atoms with Crippen molar-refractivity contribution in [2.45, 2.75) is 19.4 Å². The number of amides is 1. The van der Waals surface area contributed by atoms with E-state index in [0.717, 1.165) is 33.0 Å². The Labute approximate surface area is 230 Å². The van der Waals surface area contributed by atoms with Crippen molar-refractivity contribution in [2.24, 2.45) is 0 Å². The minimum atomic E-state index is -0.989. The fourth-order valence-corrected chi connectivity index (χ4v) is 4.98. The third-order valence-corrected chi connectivity index (χ3v) is 7.23. The van der Waals surface area contributed by atoms with E-state index in [-0.39, 0.29) is 23.9 Å². The highest BCUT2D eigenvalue weighted by molar-refractivity contribution is 6.02. The molecule has 6 rings (SSSR count). The summed E-state index contributed by atoms with van der Waals surface area (Å²) in [5.74, 6) is -1.36. The van der Waals surface area contributed by atoms with Crippen LogP contribution in [0.4, 0.5) is 0 Å². The van der Waals surface area contributed by atoms with Crippen molar-refractivity contribution in [3.05, 3.63) is 137 Å². The second-order valence-corrected chi connectivity index (χ2v) is 9.79. The molecule has 7 heteroatoms. The summed E-state index contributed by atoms with van der Waals surface area (Å²) in [5, 5.41) is 23.4. The van der Waals surface area contributed by atoms with Gasteiger partial charge in [-0.05, 0) is 45.7 Å². The average molecular weight is 527 g/mol. The molecule has 2 N–H and O–H groups in total. The van der Waals surface area contributed by atoms with Gasteiger partial charge in [0, 0.05) is 24.2 Å². The van der Waals surface area contributed by atoms with Gasteiger partial charge in [-0.3, -0.25) is 4.79 Å². The maximum absolute atomic E-state index is 13.7. The van der Waals surface area contributed by atoms with Crippen molar-refractivity contribution in [3.63, 3.8) is 0 Å². The van der Waals surface area contributed by atoms with Crippen LogP contribution in [0.15, 0.2) is 109 Å². The summed E-state index contributed by atoms with van der Waals surface area (Å²) in [6.07, 6.45) is 1.90. The van der Waals surface area contributed by atoms with E-state index < -0.39 is 5.97 Å². The molecule has 0 bridgehead atoms. The Morgan fingerprint density at radius 2 is 1.57 bits per heavy atom. The third kappa shape index (κ3) is 4.80. The van der Waals surface area contributed by atoms with Crippen LogP contribution in [0.2, 0.25) is 0 Å². The number of carbonyl (C=O) groups excluding carboxylic acids is 1. The van der Waals surface area contributed by atoms with Gasteiger partial charge < -0.3 is 10.4 Å². The van der Waals surface area contributed by atoms with Crippen molar-refractivity contribution in [3.8, 4) is 11.1 Å². The van der Waals surface area contributed by atoms with Crippen LogP contribution in [0, 0.1) is 0 Å². The molecule has 1 amide bonds. The summed E-state index contributed by atoms with van der Waals surface area (Å²) >= 11 is 0. The number of nitrogens with zero attached hydrogens (tertiary/aromatic N) is 3. The summed E-state index contributed by atoms with van der Waals surface area (Å²) in [5.41, 5.74) is 5.72. The maximum Gasteiger partial charge on any atom is 0.335 e. The standard InChI is InChI=1S/C33H26N4O3/c1-21(26-16-15-24-9-5-6-10-27(24)17-26)30-31-29(32(38)34-19-22-11-13-25(14-12-22)33(39)40)18-28(20-37(31)36-35-30)23-7-3-2-4-8-23/h2-18,20-21H,19H2,1H3,(H,34,38)(H,39,40)/t21-/m1/s1. The van der Waals surface area contributed by atoms with E-state index in [2.05, 4.69) is 52.9 Å². The van der Waals surface area contributed by atoms with Crippen LogP contribution in [-0.4, -0.2) is 31.8 Å². The van der Waals surface area contributed by atoms with Gasteiger partial charge in [0.25, 0.3) is 5.91 Å². The van der Waals surface area contributed by atoms with Crippen molar-refractivity contribution in [1.82, 2.24) is 20.1 Å². The van der Waals surface area contributed by atoms with Gasteiger partial charge in [0.15, 0.2) is 0 Å². The second-order valence-electron chi connectivity index (χ2n) is 9.79. The first kappa shape index (κ1) is 25.0.